The van der Waals surface area contributed by atoms with Gasteiger partial charge in [0.15, 0.2) is 10.8 Å². The summed E-state index contributed by atoms with van der Waals surface area (Å²) in [7, 11) is 0. The van der Waals surface area contributed by atoms with Crippen molar-refractivity contribution < 1.29 is 0 Å². The molecule has 4 heteroatoms. The molecule has 3 nitrogen and oxygen atoms in total. The fraction of sp³-hybridized carbons (Fsp3) is 0.429. The van der Waals surface area contributed by atoms with Gasteiger partial charge in [0.2, 0.25) is 0 Å². The van der Waals surface area contributed by atoms with Crippen molar-refractivity contribution in [1.29, 1.82) is 0 Å². The highest BCUT2D eigenvalue weighted by Gasteiger charge is 2.23. The second-order valence-electron chi connectivity index (χ2n) is 7.18. The lowest BCUT2D eigenvalue weighted by Crippen LogP contribution is -2.29. The second kappa shape index (κ2) is 6.41. The van der Waals surface area contributed by atoms with Crippen molar-refractivity contribution in [1.82, 2.24) is 9.97 Å². The van der Waals surface area contributed by atoms with Crippen LogP contribution in [0.5, 0.6) is 0 Å². The minimum atomic E-state index is 0.963. The molecule has 128 valence electrons. The summed E-state index contributed by atoms with van der Waals surface area (Å²) < 4.78 is 1.28. The van der Waals surface area contributed by atoms with Crippen LogP contribution in [0.25, 0.3) is 21.5 Å². The Hall–Kier alpha value is -1.94. The van der Waals surface area contributed by atoms with E-state index in [4.69, 9.17) is 9.97 Å². The molecule has 1 saturated heterocycles. The first-order valence-electron chi connectivity index (χ1n) is 9.53. The van der Waals surface area contributed by atoms with E-state index in [2.05, 4.69) is 35.2 Å². The fourth-order valence-electron chi connectivity index (χ4n) is 4.22. The van der Waals surface area contributed by atoms with Crippen molar-refractivity contribution in [3.63, 3.8) is 0 Å². The summed E-state index contributed by atoms with van der Waals surface area (Å²) in [6.07, 6.45) is 8.70. The Morgan fingerprint density at radius 1 is 0.840 bits per heavy atom. The van der Waals surface area contributed by atoms with Gasteiger partial charge in [0.25, 0.3) is 0 Å². The van der Waals surface area contributed by atoms with Gasteiger partial charge in [0.05, 0.1) is 4.70 Å². The molecule has 5 rings (SSSR count). The Bertz CT molecular complexity index is 894. The lowest BCUT2D eigenvalue weighted by atomic mass is 9.89. The number of nitrogens with zero attached hydrogens (tertiary/aromatic N) is 3. The molecule has 0 bridgehead atoms. The van der Waals surface area contributed by atoms with Gasteiger partial charge in [-0.1, -0.05) is 41.7 Å². The van der Waals surface area contributed by atoms with Crippen molar-refractivity contribution >= 4 is 26.8 Å². The Morgan fingerprint density at radius 3 is 2.48 bits per heavy atom. The van der Waals surface area contributed by atoms with E-state index in [-0.39, 0.29) is 0 Å². The van der Waals surface area contributed by atoms with Crippen LogP contribution in [0.1, 0.15) is 43.4 Å². The number of aromatic nitrogens is 2. The number of fused-ring (bicyclic) bond motifs is 2. The smallest absolute Gasteiger partial charge is 0.188 e. The Kier molecular flexibility index (Phi) is 3.93. The molecular formula is C21H23N3S. The highest BCUT2D eigenvalue weighted by atomic mass is 32.1. The van der Waals surface area contributed by atoms with Gasteiger partial charge in [-0.25, -0.2) is 4.98 Å². The summed E-state index contributed by atoms with van der Waals surface area (Å²) in [6, 6.07) is 10.9. The largest absolute Gasteiger partial charge is 0.348 e. The number of pyridine rings is 1. The number of benzene rings is 1. The molecule has 3 heterocycles. The number of hydrogen-bond donors (Lipinski definition) is 0. The molecule has 1 fully saturated rings. The Labute approximate surface area is 152 Å². The lowest BCUT2D eigenvalue weighted by Gasteiger charge is -2.25. The van der Waals surface area contributed by atoms with Gasteiger partial charge in [0, 0.05) is 24.3 Å². The summed E-state index contributed by atoms with van der Waals surface area (Å²) in [5.74, 6) is 0. The Morgan fingerprint density at radius 2 is 1.64 bits per heavy atom. The monoisotopic (exact) mass is 349 g/mol. The van der Waals surface area contributed by atoms with Crippen molar-refractivity contribution in [2.75, 3.05) is 18.0 Å². The van der Waals surface area contributed by atoms with Crippen molar-refractivity contribution in [3.05, 3.63) is 41.6 Å². The molecule has 0 saturated carbocycles. The van der Waals surface area contributed by atoms with Crippen molar-refractivity contribution in [3.8, 4) is 11.1 Å². The van der Waals surface area contributed by atoms with E-state index in [0.29, 0.717) is 0 Å². The zero-order valence-electron chi connectivity index (χ0n) is 14.5. The molecule has 0 atom stereocenters. The summed E-state index contributed by atoms with van der Waals surface area (Å²) in [4.78, 5) is 12.4. The number of piperidine rings is 1. The van der Waals surface area contributed by atoms with Crippen LogP contribution >= 0.6 is 11.3 Å². The highest BCUT2D eigenvalue weighted by Crippen LogP contribution is 2.41. The van der Waals surface area contributed by atoms with E-state index in [9.17, 15) is 0 Å². The zero-order chi connectivity index (χ0) is 16.6. The topological polar surface area (TPSA) is 29.0 Å². The zero-order valence-corrected chi connectivity index (χ0v) is 15.3. The molecule has 1 aliphatic carbocycles. The molecule has 0 radical (unpaired) electrons. The molecule has 0 amide bonds. The van der Waals surface area contributed by atoms with Gasteiger partial charge < -0.3 is 4.90 Å². The average molecular weight is 350 g/mol. The number of anilines is 1. The fourth-order valence-corrected chi connectivity index (χ4v) is 5.37. The molecule has 25 heavy (non-hydrogen) atoms. The maximum absolute atomic E-state index is 4.99. The first kappa shape index (κ1) is 15.3. The summed E-state index contributed by atoms with van der Waals surface area (Å²) in [6.45, 7) is 2.28. The normalized spacial score (nSPS) is 17.7. The van der Waals surface area contributed by atoms with Crippen LogP contribution in [0.15, 0.2) is 30.3 Å². The van der Waals surface area contributed by atoms with E-state index in [1.807, 2.05) is 11.3 Å². The lowest BCUT2D eigenvalue weighted by molar-refractivity contribution is 0.577. The first-order valence-corrected chi connectivity index (χ1v) is 10.3. The van der Waals surface area contributed by atoms with Crippen molar-refractivity contribution in [2.24, 2.45) is 0 Å². The molecular weight excluding hydrogens is 326 g/mol. The standard InChI is InChI=1S/C21H23N3S/c1-3-9-15(10-4-1)18-16-11-5-6-12-17(16)22-20-19(18)25-21(23-20)24-13-7-2-8-14-24/h1,3-4,9-10H,2,5-8,11-14H2. The van der Waals surface area contributed by atoms with E-state index in [0.717, 1.165) is 31.6 Å². The minimum Gasteiger partial charge on any atom is -0.348 e. The third kappa shape index (κ3) is 2.73. The van der Waals surface area contributed by atoms with E-state index in [1.165, 1.54) is 64.3 Å². The van der Waals surface area contributed by atoms with Crippen LogP contribution in [0, 0.1) is 0 Å². The van der Waals surface area contributed by atoms with Crippen LogP contribution in [0.3, 0.4) is 0 Å². The van der Waals surface area contributed by atoms with E-state index >= 15 is 0 Å². The molecule has 0 N–H and O–H groups in total. The van der Waals surface area contributed by atoms with Gasteiger partial charge in [-0.15, -0.1) is 0 Å². The summed E-state index contributed by atoms with van der Waals surface area (Å²) in [5, 5.41) is 1.17. The molecule has 3 aromatic rings. The first-order chi connectivity index (χ1) is 12.4. The predicted octanol–water partition coefficient (Wildman–Crippen LogP) is 5.23. The van der Waals surface area contributed by atoms with Crippen molar-refractivity contribution in [2.45, 2.75) is 44.9 Å². The van der Waals surface area contributed by atoms with Gasteiger partial charge in [-0.2, -0.15) is 4.98 Å². The number of thiazole rings is 1. The minimum absolute atomic E-state index is 0.963. The maximum atomic E-state index is 4.99. The van der Waals surface area contributed by atoms with Crippen LogP contribution in [-0.4, -0.2) is 23.1 Å². The van der Waals surface area contributed by atoms with Crippen LogP contribution in [-0.2, 0) is 12.8 Å². The van der Waals surface area contributed by atoms with Crippen LogP contribution in [0.2, 0.25) is 0 Å². The highest BCUT2D eigenvalue weighted by molar-refractivity contribution is 7.22. The van der Waals surface area contributed by atoms with Crippen LogP contribution < -0.4 is 4.90 Å². The molecule has 2 aromatic heterocycles. The number of rotatable bonds is 2. The SMILES string of the molecule is c1ccc(-c2c3c(nc4nc(N5CCCCC5)sc24)CCCC3)cc1. The van der Waals surface area contributed by atoms with Gasteiger partial charge in [-0.05, 0) is 56.1 Å². The average Bonchev–Trinajstić information content (AvgIpc) is 3.11. The van der Waals surface area contributed by atoms with Gasteiger partial charge >= 0.3 is 0 Å². The summed E-state index contributed by atoms with van der Waals surface area (Å²) >= 11 is 1.85. The third-order valence-corrected chi connectivity index (χ3v) is 6.62. The predicted molar refractivity (Wildman–Crippen MR) is 106 cm³/mol. The van der Waals surface area contributed by atoms with E-state index in [1.54, 1.807) is 0 Å². The second-order valence-corrected chi connectivity index (χ2v) is 8.16. The third-order valence-electron chi connectivity index (χ3n) is 5.50. The quantitative estimate of drug-likeness (QED) is 0.634. The summed E-state index contributed by atoms with van der Waals surface area (Å²) in [5.41, 5.74) is 6.44. The molecule has 1 aliphatic heterocycles. The molecule has 1 aromatic carbocycles. The number of hydrogen-bond acceptors (Lipinski definition) is 4. The van der Waals surface area contributed by atoms with E-state index < -0.39 is 0 Å². The van der Waals surface area contributed by atoms with Gasteiger partial charge in [0.1, 0.15) is 0 Å². The molecule has 0 spiro atoms. The molecule has 0 unspecified atom stereocenters. The molecule has 2 aliphatic rings. The number of aryl methyl sites for hydroxylation is 1. The van der Waals surface area contributed by atoms with Gasteiger partial charge in [-0.3, -0.25) is 0 Å². The Balaban J connectivity index is 1.72. The maximum Gasteiger partial charge on any atom is 0.188 e. The van der Waals surface area contributed by atoms with Crippen LogP contribution in [0.4, 0.5) is 5.13 Å².